The van der Waals surface area contributed by atoms with E-state index in [0.29, 0.717) is 28.5 Å². The molecule has 0 amide bonds. The molecule has 0 spiro atoms. The molecule has 0 fully saturated rings. The first-order valence-electron chi connectivity index (χ1n) is 10.4. The monoisotopic (exact) mass is 461 g/mol. The molecule has 34 heavy (non-hydrogen) atoms. The molecule has 4 rings (SSSR count). The van der Waals surface area contributed by atoms with Gasteiger partial charge in [-0.05, 0) is 54.4 Å². The fourth-order valence-electron chi connectivity index (χ4n) is 3.65. The quantitative estimate of drug-likeness (QED) is 0.271. The summed E-state index contributed by atoms with van der Waals surface area (Å²) in [7, 11) is 3.15. The van der Waals surface area contributed by atoms with Gasteiger partial charge in [0.25, 0.3) is 5.69 Å². The molecule has 0 aliphatic carbocycles. The highest BCUT2D eigenvalue weighted by Gasteiger charge is 2.19. The van der Waals surface area contributed by atoms with Crippen LogP contribution in [0.1, 0.15) is 11.3 Å². The van der Waals surface area contributed by atoms with Crippen LogP contribution in [-0.2, 0) is 6.61 Å². The molecule has 0 saturated carbocycles. The number of non-ortho nitro benzene ring substituents is 1. The third-order valence-electron chi connectivity index (χ3n) is 5.40. The lowest BCUT2D eigenvalue weighted by Gasteiger charge is -2.12. The Morgan fingerprint density at radius 1 is 1.00 bits per heavy atom. The van der Waals surface area contributed by atoms with Crippen LogP contribution in [0.25, 0.3) is 22.4 Å². The van der Waals surface area contributed by atoms with E-state index in [1.807, 2.05) is 25.1 Å². The molecule has 174 valence electrons. The highest BCUT2D eigenvalue weighted by Crippen LogP contribution is 2.41. The van der Waals surface area contributed by atoms with E-state index >= 15 is 0 Å². The summed E-state index contributed by atoms with van der Waals surface area (Å²) in [5.74, 6) is 1.67. The first-order chi connectivity index (χ1) is 16.4. The number of nitrogens with one attached hydrogen (secondary N) is 1. The number of hydrogen-bond donors (Lipinski definition) is 2. The molecule has 0 saturated heterocycles. The van der Waals surface area contributed by atoms with E-state index in [-0.39, 0.29) is 18.0 Å². The van der Waals surface area contributed by atoms with Crippen LogP contribution in [0.2, 0.25) is 0 Å². The van der Waals surface area contributed by atoms with Crippen LogP contribution in [0.5, 0.6) is 23.0 Å². The lowest BCUT2D eigenvalue weighted by molar-refractivity contribution is -0.384. The number of aryl methyl sites for hydroxylation is 1. The standard InChI is InChI=1S/C25H23N3O6/c1-15-24(17-6-11-22(32-2)23(12-17)33-3)25(27-26-15)20-10-9-19(13-21(20)29)34-14-16-4-7-18(8-5-16)28(30)31/h4-13,29H,14H2,1-3H3,(H,26,27). The van der Waals surface area contributed by atoms with Gasteiger partial charge in [-0.1, -0.05) is 6.07 Å². The maximum absolute atomic E-state index is 10.8. The van der Waals surface area contributed by atoms with E-state index in [0.717, 1.165) is 22.4 Å². The Labute approximate surface area is 195 Å². The minimum absolute atomic E-state index is 0.00873. The number of phenolic OH excluding ortho intramolecular Hbond substituents is 1. The van der Waals surface area contributed by atoms with Crippen molar-refractivity contribution in [1.82, 2.24) is 10.2 Å². The topological polar surface area (TPSA) is 120 Å². The average molecular weight is 461 g/mol. The van der Waals surface area contributed by atoms with Crippen molar-refractivity contribution in [3.05, 3.63) is 82.0 Å². The van der Waals surface area contributed by atoms with Crippen molar-refractivity contribution in [2.45, 2.75) is 13.5 Å². The van der Waals surface area contributed by atoms with E-state index in [1.165, 1.54) is 18.2 Å². The Morgan fingerprint density at radius 2 is 1.74 bits per heavy atom. The molecule has 9 heteroatoms. The van der Waals surface area contributed by atoms with E-state index in [1.54, 1.807) is 38.5 Å². The van der Waals surface area contributed by atoms with Gasteiger partial charge in [0.1, 0.15) is 23.8 Å². The summed E-state index contributed by atoms with van der Waals surface area (Å²) in [5.41, 5.74) is 4.44. The van der Waals surface area contributed by atoms with Gasteiger partial charge in [0.2, 0.25) is 0 Å². The number of rotatable bonds is 8. The molecule has 0 atom stereocenters. The van der Waals surface area contributed by atoms with Gasteiger partial charge in [-0.3, -0.25) is 15.2 Å². The summed E-state index contributed by atoms with van der Waals surface area (Å²) in [6, 6.07) is 16.7. The molecule has 1 heterocycles. The maximum atomic E-state index is 10.8. The van der Waals surface area contributed by atoms with Crippen molar-refractivity contribution in [2.24, 2.45) is 0 Å². The largest absolute Gasteiger partial charge is 0.507 e. The highest BCUT2D eigenvalue weighted by molar-refractivity contribution is 5.86. The molecule has 9 nitrogen and oxygen atoms in total. The summed E-state index contributed by atoms with van der Waals surface area (Å²) in [4.78, 5) is 10.3. The maximum Gasteiger partial charge on any atom is 0.269 e. The molecule has 0 bridgehead atoms. The molecule has 4 aromatic rings. The van der Waals surface area contributed by atoms with E-state index in [2.05, 4.69) is 10.2 Å². The molecule has 0 radical (unpaired) electrons. The molecular weight excluding hydrogens is 438 g/mol. The van der Waals surface area contributed by atoms with Crippen LogP contribution in [0.3, 0.4) is 0 Å². The number of H-pyrrole nitrogens is 1. The van der Waals surface area contributed by atoms with Crippen LogP contribution < -0.4 is 14.2 Å². The van der Waals surface area contributed by atoms with Crippen molar-refractivity contribution in [2.75, 3.05) is 14.2 Å². The number of benzene rings is 3. The molecule has 0 aliphatic rings. The van der Waals surface area contributed by atoms with Crippen LogP contribution >= 0.6 is 0 Å². The number of hydrogen-bond acceptors (Lipinski definition) is 7. The highest BCUT2D eigenvalue weighted by atomic mass is 16.6. The number of aromatic nitrogens is 2. The van der Waals surface area contributed by atoms with E-state index in [4.69, 9.17) is 14.2 Å². The van der Waals surface area contributed by atoms with E-state index in [9.17, 15) is 15.2 Å². The lowest BCUT2D eigenvalue weighted by Crippen LogP contribution is -1.96. The predicted molar refractivity (Wildman–Crippen MR) is 126 cm³/mol. The Hall–Kier alpha value is -4.53. The Balaban J connectivity index is 1.59. The van der Waals surface area contributed by atoms with Gasteiger partial charge in [0.05, 0.1) is 19.1 Å². The van der Waals surface area contributed by atoms with Gasteiger partial charge in [-0.15, -0.1) is 0 Å². The van der Waals surface area contributed by atoms with Crippen LogP contribution in [0.15, 0.2) is 60.7 Å². The first kappa shape index (κ1) is 22.7. The number of nitrogens with zero attached hydrogens (tertiary/aromatic N) is 2. The summed E-state index contributed by atoms with van der Waals surface area (Å²) in [6.07, 6.45) is 0. The normalized spacial score (nSPS) is 10.7. The minimum atomic E-state index is -0.450. The van der Waals surface area contributed by atoms with Gasteiger partial charge < -0.3 is 19.3 Å². The van der Waals surface area contributed by atoms with Crippen LogP contribution in [0, 0.1) is 17.0 Å². The molecule has 2 N–H and O–H groups in total. The Bertz CT molecular complexity index is 1330. The fraction of sp³-hybridized carbons (Fsp3) is 0.160. The van der Waals surface area contributed by atoms with Crippen LogP contribution in [-0.4, -0.2) is 34.4 Å². The lowest BCUT2D eigenvalue weighted by atomic mass is 9.98. The van der Waals surface area contributed by atoms with Gasteiger partial charge in [0.15, 0.2) is 11.5 Å². The average Bonchev–Trinajstić information content (AvgIpc) is 3.23. The number of nitro groups is 1. The number of aromatic hydroxyl groups is 1. The fourth-order valence-corrected chi connectivity index (χ4v) is 3.65. The van der Waals surface area contributed by atoms with Crippen molar-refractivity contribution in [3.8, 4) is 45.4 Å². The number of nitro benzene ring substituents is 1. The molecular formula is C25H23N3O6. The van der Waals surface area contributed by atoms with Crippen molar-refractivity contribution in [1.29, 1.82) is 0 Å². The summed E-state index contributed by atoms with van der Waals surface area (Å²) >= 11 is 0. The molecule has 3 aromatic carbocycles. The number of methoxy groups -OCH3 is 2. The van der Waals surface area contributed by atoms with E-state index < -0.39 is 4.92 Å². The summed E-state index contributed by atoms with van der Waals surface area (Å²) < 4.78 is 16.5. The SMILES string of the molecule is COc1ccc(-c2c(-c3ccc(OCc4ccc([N+](=O)[O-])cc4)cc3O)n[nH]c2C)cc1OC. The predicted octanol–water partition coefficient (Wildman–Crippen LogP) is 5.26. The van der Waals surface area contributed by atoms with Gasteiger partial charge in [-0.25, -0.2) is 0 Å². The third-order valence-corrected chi connectivity index (χ3v) is 5.40. The first-order valence-corrected chi connectivity index (χ1v) is 10.4. The molecule has 0 unspecified atom stereocenters. The molecule has 0 aliphatic heterocycles. The van der Waals surface area contributed by atoms with Crippen molar-refractivity contribution < 1.29 is 24.2 Å². The zero-order chi connectivity index (χ0) is 24.2. The summed E-state index contributed by atoms with van der Waals surface area (Å²) in [5, 5.41) is 28.9. The molecule has 1 aromatic heterocycles. The van der Waals surface area contributed by atoms with Gasteiger partial charge in [-0.2, -0.15) is 5.10 Å². The minimum Gasteiger partial charge on any atom is -0.507 e. The second-order valence-corrected chi connectivity index (χ2v) is 7.53. The van der Waals surface area contributed by atoms with Gasteiger partial charge >= 0.3 is 0 Å². The third kappa shape index (κ3) is 4.49. The Morgan fingerprint density at radius 3 is 2.38 bits per heavy atom. The zero-order valence-corrected chi connectivity index (χ0v) is 18.9. The second-order valence-electron chi connectivity index (χ2n) is 7.53. The Kier molecular flexibility index (Phi) is 6.35. The zero-order valence-electron chi connectivity index (χ0n) is 18.9. The van der Waals surface area contributed by atoms with Gasteiger partial charge in [0, 0.05) is 35.0 Å². The summed E-state index contributed by atoms with van der Waals surface area (Å²) in [6.45, 7) is 2.11. The van der Waals surface area contributed by atoms with Crippen LogP contribution in [0.4, 0.5) is 5.69 Å². The van der Waals surface area contributed by atoms with Crippen molar-refractivity contribution in [3.63, 3.8) is 0 Å². The number of phenols is 1. The number of aromatic amines is 1. The smallest absolute Gasteiger partial charge is 0.269 e. The number of ether oxygens (including phenoxy) is 3. The second kappa shape index (κ2) is 9.53. The van der Waals surface area contributed by atoms with Crippen molar-refractivity contribution >= 4 is 5.69 Å².